The predicted octanol–water partition coefficient (Wildman–Crippen LogP) is 6.30. The molecule has 0 saturated heterocycles. The van der Waals surface area contributed by atoms with Gasteiger partial charge in [0, 0.05) is 5.39 Å². The summed E-state index contributed by atoms with van der Waals surface area (Å²) in [6, 6.07) is 28.0. The number of aromatic nitrogens is 1. The largest absolute Gasteiger partial charge is 0.388 e. The van der Waals surface area contributed by atoms with Gasteiger partial charge in [-0.25, -0.2) is 4.98 Å². The Morgan fingerprint density at radius 2 is 1.66 bits per heavy atom. The number of benzene rings is 3. The van der Waals surface area contributed by atoms with Gasteiger partial charge in [0.15, 0.2) is 0 Å². The van der Waals surface area contributed by atoms with Gasteiger partial charge in [-0.3, -0.25) is 0 Å². The summed E-state index contributed by atoms with van der Waals surface area (Å²) < 4.78 is 0. The average molecular weight is 424 g/mol. The molecule has 0 aliphatic rings. The summed E-state index contributed by atoms with van der Waals surface area (Å²) in [7, 11) is 0. The van der Waals surface area contributed by atoms with Crippen LogP contribution >= 0.6 is 0 Å². The lowest BCUT2D eigenvalue weighted by Crippen LogP contribution is -2.18. The van der Waals surface area contributed by atoms with E-state index in [4.69, 9.17) is 0 Å². The van der Waals surface area contributed by atoms with Crippen LogP contribution in [-0.2, 0) is 12.0 Å². The second kappa shape index (κ2) is 9.47. The Kier molecular flexibility index (Phi) is 6.50. The first-order valence-corrected chi connectivity index (χ1v) is 11.0. The van der Waals surface area contributed by atoms with Crippen molar-refractivity contribution in [3.8, 4) is 0 Å². The highest BCUT2D eigenvalue weighted by Gasteiger charge is 2.20. The molecule has 4 rings (SSSR count). The molecule has 32 heavy (non-hydrogen) atoms. The Bertz CT molecular complexity index is 1240. The SMILES string of the molecule is CC(C)(O)c1ccccc1CC[C@H](O)c1cccc(/C=C/c2ccc3ccccc3n2)c1. The second-order valence-corrected chi connectivity index (χ2v) is 8.70. The number of para-hydroxylation sites is 1. The molecule has 0 spiro atoms. The minimum Gasteiger partial charge on any atom is -0.388 e. The van der Waals surface area contributed by atoms with Gasteiger partial charge in [0.25, 0.3) is 0 Å². The highest BCUT2D eigenvalue weighted by molar-refractivity contribution is 5.80. The van der Waals surface area contributed by atoms with Crippen molar-refractivity contribution in [2.75, 3.05) is 0 Å². The number of hydrogen-bond acceptors (Lipinski definition) is 3. The molecule has 0 amide bonds. The van der Waals surface area contributed by atoms with Crippen molar-refractivity contribution < 1.29 is 10.2 Å². The number of nitrogens with zero attached hydrogens (tertiary/aromatic N) is 1. The smallest absolute Gasteiger partial charge is 0.0843 e. The standard InChI is InChI=1S/C29H29NO2/c1-29(2,32)26-12-5-3-9-22(26)16-19-28(31)24-11-7-8-21(20-24)14-17-25-18-15-23-10-4-6-13-27(23)30-25/h3-15,17-18,20,28,31-32H,16,19H2,1-2H3/b17-14+/t28-/m0/s1. The fourth-order valence-corrected chi connectivity index (χ4v) is 4.02. The maximum Gasteiger partial charge on any atom is 0.0843 e. The number of aliphatic hydroxyl groups excluding tert-OH is 1. The van der Waals surface area contributed by atoms with Gasteiger partial charge >= 0.3 is 0 Å². The highest BCUT2D eigenvalue weighted by atomic mass is 16.3. The van der Waals surface area contributed by atoms with Crippen molar-refractivity contribution in [3.63, 3.8) is 0 Å². The maximum atomic E-state index is 10.8. The van der Waals surface area contributed by atoms with Crippen molar-refractivity contribution in [1.29, 1.82) is 0 Å². The number of pyridine rings is 1. The van der Waals surface area contributed by atoms with Crippen LogP contribution in [0.2, 0.25) is 0 Å². The van der Waals surface area contributed by atoms with Crippen LogP contribution in [0.5, 0.6) is 0 Å². The molecular formula is C29H29NO2. The van der Waals surface area contributed by atoms with Crippen LogP contribution in [0.1, 0.15) is 54.3 Å². The molecule has 0 radical (unpaired) electrons. The Hall–Kier alpha value is -3.27. The molecule has 1 aromatic heterocycles. The van der Waals surface area contributed by atoms with E-state index < -0.39 is 11.7 Å². The summed E-state index contributed by atoms with van der Waals surface area (Å²) in [5.74, 6) is 0. The fraction of sp³-hybridized carbons (Fsp3) is 0.207. The van der Waals surface area contributed by atoms with Crippen LogP contribution in [0.25, 0.3) is 23.1 Å². The Balaban J connectivity index is 1.46. The highest BCUT2D eigenvalue weighted by Crippen LogP contribution is 2.27. The molecule has 4 aromatic rings. The van der Waals surface area contributed by atoms with Crippen LogP contribution in [0.15, 0.2) is 84.9 Å². The maximum absolute atomic E-state index is 10.8. The molecule has 0 saturated carbocycles. The van der Waals surface area contributed by atoms with Crippen LogP contribution < -0.4 is 0 Å². The molecule has 0 fully saturated rings. The van der Waals surface area contributed by atoms with Crippen LogP contribution in [0.3, 0.4) is 0 Å². The molecule has 2 N–H and O–H groups in total. The monoisotopic (exact) mass is 423 g/mol. The fourth-order valence-electron chi connectivity index (χ4n) is 4.02. The second-order valence-electron chi connectivity index (χ2n) is 8.70. The Labute approximate surface area is 189 Å². The van der Waals surface area contributed by atoms with E-state index in [2.05, 4.69) is 17.1 Å². The molecule has 3 heteroatoms. The molecule has 0 aliphatic heterocycles. The first-order valence-electron chi connectivity index (χ1n) is 11.0. The molecule has 3 nitrogen and oxygen atoms in total. The van der Waals surface area contributed by atoms with Gasteiger partial charge in [0.2, 0.25) is 0 Å². The van der Waals surface area contributed by atoms with Gasteiger partial charge in [0.1, 0.15) is 0 Å². The molecule has 1 heterocycles. The number of fused-ring (bicyclic) bond motifs is 1. The first-order chi connectivity index (χ1) is 15.4. The van der Waals surface area contributed by atoms with Gasteiger partial charge in [0.05, 0.1) is 22.9 Å². The Morgan fingerprint density at radius 3 is 2.50 bits per heavy atom. The van der Waals surface area contributed by atoms with Crippen molar-refractivity contribution in [3.05, 3.63) is 113 Å². The lowest BCUT2D eigenvalue weighted by atomic mass is 9.90. The molecule has 0 unspecified atom stereocenters. The van der Waals surface area contributed by atoms with Crippen molar-refractivity contribution in [2.24, 2.45) is 0 Å². The van der Waals surface area contributed by atoms with Crippen molar-refractivity contribution >= 4 is 23.1 Å². The number of aliphatic hydroxyl groups is 2. The Morgan fingerprint density at radius 1 is 0.875 bits per heavy atom. The van der Waals surface area contributed by atoms with E-state index in [1.165, 1.54) is 0 Å². The number of hydrogen-bond donors (Lipinski definition) is 2. The first kappa shape index (κ1) is 21.9. The third-order valence-electron chi connectivity index (χ3n) is 5.73. The normalized spacial score (nSPS) is 13.0. The van der Waals surface area contributed by atoms with E-state index >= 15 is 0 Å². The van der Waals surface area contributed by atoms with E-state index in [9.17, 15) is 10.2 Å². The quantitative estimate of drug-likeness (QED) is 0.367. The third kappa shape index (κ3) is 5.31. The summed E-state index contributed by atoms with van der Waals surface area (Å²) in [6.07, 6.45) is 4.74. The summed E-state index contributed by atoms with van der Waals surface area (Å²) in [5.41, 5.74) is 4.86. The molecular weight excluding hydrogens is 394 g/mol. The van der Waals surface area contributed by atoms with Crippen LogP contribution in [0, 0.1) is 0 Å². The molecule has 3 aromatic carbocycles. The average Bonchev–Trinajstić information content (AvgIpc) is 2.81. The minimum atomic E-state index is -0.900. The zero-order valence-electron chi connectivity index (χ0n) is 18.6. The third-order valence-corrected chi connectivity index (χ3v) is 5.73. The van der Waals surface area contributed by atoms with Crippen LogP contribution in [0.4, 0.5) is 0 Å². The molecule has 1 atom stereocenters. The van der Waals surface area contributed by atoms with E-state index in [1.54, 1.807) is 13.8 Å². The molecule has 162 valence electrons. The zero-order valence-corrected chi connectivity index (χ0v) is 18.6. The van der Waals surface area contributed by atoms with E-state index in [0.29, 0.717) is 12.8 Å². The predicted molar refractivity (Wildman–Crippen MR) is 132 cm³/mol. The summed E-state index contributed by atoms with van der Waals surface area (Å²) in [5, 5.41) is 22.4. The van der Waals surface area contributed by atoms with Crippen molar-refractivity contribution in [1.82, 2.24) is 4.98 Å². The lowest BCUT2D eigenvalue weighted by Gasteiger charge is -2.22. The summed E-state index contributed by atoms with van der Waals surface area (Å²) in [6.45, 7) is 3.59. The van der Waals surface area contributed by atoms with Gasteiger partial charge in [-0.1, -0.05) is 72.8 Å². The van der Waals surface area contributed by atoms with E-state index in [1.807, 2.05) is 84.9 Å². The van der Waals surface area contributed by atoms with Gasteiger partial charge in [-0.15, -0.1) is 0 Å². The number of aryl methyl sites for hydroxylation is 1. The van der Waals surface area contributed by atoms with Crippen molar-refractivity contribution in [2.45, 2.75) is 38.4 Å². The van der Waals surface area contributed by atoms with Gasteiger partial charge in [-0.2, -0.15) is 0 Å². The number of rotatable bonds is 7. The van der Waals surface area contributed by atoms with Crippen LogP contribution in [-0.4, -0.2) is 15.2 Å². The van der Waals surface area contributed by atoms with Gasteiger partial charge < -0.3 is 10.2 Å². The summed E-state index contributed by atoms with van der Waals surface area (Å²) in [4.78, 5) is 4.68. The molecule has 0 aliphatic carbocycles. The lowest BCUT2D eigenvalue weighted by molar-refractivity contribution is 0.0772. The minimum absolute atomic E-state index is 0.572. The van der Waals surface area contributed by atoms with Gasteiger partial charge in [-0.05, 0) is 73.2 Å². The van der Waals surface area contributed by atoms with E-state index in [-0.39, 0.29) is 0 Å². The zero-order chi connectivity index (χ0) is 22.6. The van der Waals surface area contributed by atoms with E-state index in [0.717, 1.165) is 38.9 Å². The topological polar surface area (TPSA) is 53.4 Å². The molecule has 0 bridgehead atoms. The summed E-state index contributed by atoms with van der Waals surface area (Å²) >= 11 is 0.